The first-order valence-electron chi connectivity index (χ1n) is 6.41. The molecule has 0 aliphatic rings. The molecular weight excluding hydrogens is 299 g/mol. The monoisotopic (exact) mass is 313 g/mol. The Balaban J connectivity index is 2.19. The van der Waals surface area contributed by atoms with Gasteiger partial charge in [-0.15, -0.1) is 0 Å². The first-order chi connectivity index (χ1) is 10.2. The molecule has 0 fully saturated rings. The van der Waals surface area contributed by atoms with Gasteiger partial charge in [0.25, 0.3) is 0 Å². The van der Waals surface area contributed by atoms with E-state index in [2.05, 4.69) is 10.4 Å². The van der Waals surface area contributed by atoms with Crippen molar-refractivity contribution >= 4 is 11.6 Å². The second-order valence-corrected chi connectivity index (χ2v) is 4.83. The van der Waals surface area contributed by atoms with Gasteiger partial charge in [-0.3, -0.25) is 9.48 Å². The number of nitrogens with zero attached hydrogens (tertiary/aromatic N) is 2. The van der Waals surface area contributed by atoms with Crippen molar-refractivity contribution < 1.29 is 23.1 Å². The zero-order valence-corrected chi connectivity index (χ0v) is 11.8. The van der Waals surface area contributed by atoms with E-state index >= 15 is 0 Å². The third-order valence-corrected chi connectivity index (χ3v) is 3.07. The number of aromatic nitrogens is 2. The molecule has 8 heteroatoms. The molecule has 1 heterocycles. The topological polar surface area (TPSA) is 67.2 Å². The number of carbonyl (C=O) groups is 1. The lowest BCUT2D eigenvalue weighted by molar-refractivity contribution is -0.141. The minimum atomic E-state index is -4.56. The summed E-state index contributed by atoms with van der Waals surface area (Å²) >= 11 is 0. The standard InChI is InChI=1S/C14H14F3N3O2/c1-8-6-12(14(15,16)17)19-20(8)9(2)13(22)18-10-4-3-5-11(21)7-10/h3-7,9,21H,1-2H3,(H,18,22). The summed E-state index contributed by atoms with van der Waals surface area (Å²) in [5.41, 5.74) is -0.467. The van der Waals surface area contributed by atoms with Crippen molar-refractivity contribution in [3.05, 3.63) is 41.7 Å². The van der Waals surface area contributed by atoms with Crippen LogP contribution >= 0.6 is 0 Å². The Morgan fingerprint density at radius 3 is 2.59 bits per heavy atom. The van der Waals surface area contributed by atoms with Crippen LogP contribution in [0.15, 0.2) is 30.3 Å². The van der Waals surface area contributed by atoms with Crippen LogP contribution in [0.2, 0.25) is 0 Å². The Bertz CT molecular complexity index is 695. The fourth-order valence-corrected chi connectivity index (χ4v) is 1.96. The van der Waals surface area contributed by atoms with Gasteiger partial charge in [-0.2, -0.15) is 18.3 Å². The summed E-state index contributed by atoms with van der Waals surface area (Å²) in [7, 11) is 0. The van der Waals surface area contributed by atoms with Crippen molar-refractivity contribution in [2.75, 3.05) is 5.32 Å². The summed E-state index contributed by atoms with van der Waals surface area (Å²) in [5, 5.41) is 15.3. The molecule has 22 heavy (non-hydrogen) atoms. The van der Waals surface area contributed by atoms with Crippen LogP contribution in [-0.4, -0.2) is 20.8 Å². The maximum Gasteiger partial charge on any atom is 0.435 e. The largest absolute Gasteiger partial charge is 0.508 e. The first kappa shape index (κ1) is 15.9. The smallest absolute Gasteiger partial charge is 0.435 e. The van der Waals surface area contributed by atoms with E-state index in [4.69, 9.17) is 0 Å². The number of benzene rings is 1. The van der Waals surface area contributed by atoms with Gasteiger partial charge >= 0.3 is 6.18 Å². The second kappa shape index (κ2) is 5.70. The average Bonchev–Trinajstić information content (AvgIpc) is 2.80. The van der Waals surface area contributed by atoms with Crippen LogP contribution in [0.4, 0.5) is 18.9 Å². The lowest BCUT2D eigenvalue weighted by atomic mass is 10.2. The molecule has 1 aromatic carbocycles. The minimum Gasteiger partial charge on any atom is -0.508 e. The molecule has 1 unspecified atom stereocenters. The van der Waals surface area contributed by atoms with Crippen molar-refractivity contribution in [2.24, 2.45) is 0 Å². The molecular formula is C14H14F3N3O2. The van der Waals surface area contributed by atoms with Crippen molar-refractivity contribution in [1.82, 2.24) is 9.78 Å². The summed E-state index contributed by atoms with van der Waals surface area (Å²) in [5.74, 6) is -0.564. The van der Waals surface area contributed by atoms with Gasteiger partial charge in [-0.05, 0) is 32.0 Å². The van der Waals surface area contributed by atoms with E-state index in [0.29, 0.717) is 5.69 Å². The molecule has 0 spiro atoms. The maximum absolute atomic E-state index is 12.6. The number of anilines is 1. The van der Waals surface area contributed by atoms with Gasteiger partial charge in [0.1, 0.15) is 11.8 Å². The van der Waals surface area contributed by atoms with E-state index in [0.717, 1.165) is 10.7 Å². The van der Waals surface area contributed by atoms with Crippen LogP contribution < -0.4 is 5.32 Å². The Labute approximate surface area is 124 Å². The van der Waals surface area contributed by atoms with Gasteiger partial charge in [-0.25, -0.2) is 0 Å². The van der Waals surface area contributed by atoms with Gasteiger partial charge < -0.3 is 10.4 Å². The van der Waals surface area contributed by atoms with E-state index in [-0.39, 0.29) is 11.4 Å². The Morgan fingerprint density at radius 2 is 2.05 bits per heavy atom. The number of aromatic hydroxyl groups is 1. The van der Waals surface area contributed by atoms with Crippen molar-refractivity contribution in [1.29, 1.82) is 0 Å². The van der Waals surface area contributed by atoms with Crippen LogP contribution in [0.1, 0.15) is 24.4 Å². The summed E-state index contributed by atoms with van der Waals surface area (Å²) < 4.78 is 38.9. The predicted octanol–water partition coefficient (Wildman–Crippen LogP) is 3.12. The number of amides is 1. The number of phenolic OH excluding ortho intramolecular Hbond substituents is 1. The number of nitrogens with one attached hydrogen (secondary N) is 1. The molecule has 0 radical (unpaired) electrons. The van der Waals surface area contributed by atoms with Crippen molar-refractivity contribution in [3.8, 4) is 5.75 Å². The van der Waals surface area contributed by atoms with E-state index in [1.54, 1.807) is 6.07 Å². The fourth-order valence-electron chi connectivity index (χ4n) is 1.96. The van der Waals surface area contributed by atoms with Gasteiger partial charge in [0.2, 0.25) is 5.91 Å². The molecule has 1 atom stereocenters. The minimum absolute atomic E-state index is 0.0277. The molecule has 2 aromatic rings. The molecule has 0 saturated heterocycles. The zero-order valence-electron chi connectivity index (χ0n) is 11.8. The third kappa shape index (κ3) is 3.38. The van der Waals surface area contributed by atoms with Crippen LogP contribution in [0.3, 0.4) is 0 Å². The lowest BCUT2D eigenvalue weighted by Crippen LogP contribution is -2.25. The Kier molecular flexibility index (Phi) is 4.11. The van der Waals surface area contributed by atoms with Crippen molar-refractivity contribution in [3.63, 3.8) is 0 Å². The molecule has 1 amide bonds. The molecule has 5 nitrogen and oxygen atoms in total. The second-order valence-electron chi connectivity index (χ2n) is 4.83. The molecule has 2 rings (SSSR count). The van der Waals surface area contributed by atoms with Crippen LogP contribution in [0.25, 0.3) is 0 Å². The highest BCUT2D eigenvalue weighted by molar-refractivity contribution is 5.93. The average molecular weight is 313 g/mol. The van der Waals surface area contributed by atoms with Gasteiger partial charge in [0, 0.05) is 17.4 Å². The summed E-state index contributed by atoms with van der Waals surface area (Å²) in [4.78, 5) is 12.1. The number of carbonyl (C=O) groups excluding carboxylic acids is 1. The quantitative estimate of drug-likeness (QED) is 0.915. The summed E-state index contributed by atoms with van der Waals surface area (Å²) in [6.45, 7) is 2.89. The normalized spacial score (nSPS) is 13.0. The number of phenols is 1. The van der Waals surface area contributed by atoms with E-state index in [9.17, 15) is 23.1 Å². The number of hydrogen-bond donors (Lipinski definition) is 2. The summed E-state index contributed by atoms with van der Waals surface area (Å²) in [6.07, 6.45) is -4.56. The zero-order chi connectivity index (χ0) is 16.5. The Hall–Kier alpha value is -2.51. The number of rotatable bonds is 3. The lowest BCUT2D eigenvalue weighted by Gasteiger charge is -2.14. The number of hydrogen-bond acceptors (Lipinski definition) is 3. The highest BCUT2D eigenvalue weighted by Crippen LogP contribution is 2.29. The fraction of sp³-hybridized carbons (Fsp3) is 0.286. The Morgan fingerprint density at radius 1 is 1.36 bits per heavy atom. The van der Waals surface area contributed by atoms with E-state index < -0.39 is 23.8 Å². The maximum atomic E-state index is 12.6. The molecule has 118 valence electrons. The van der Waals surface area contributed by atoms with Gasteiger partial charge in [-0.1, -0.05) is 6.07 Å². The number of halogens is 3. The SMILES string of the molecule is Cc1cc(C(F)(F)F)nn1C(C)C(=O)Nc1cccc(O)c1. The van der Waals surface area contributed by atoms with Gasteiger partial charge in [0.15, 0.2) is 5.69 Å². The predicted molar refractivity (Wildman–Crippen MR) is 73.4 cm³/mol. The molecule has 0 aliphatic carbocycles. The highest BCUT2D eigenvalue weighted by atomic mass is 19.4. The van der Waals surface area contributed by atoms with Crippen molar-refractivity contribution in [2.45, 2.75) is 26.1 Å². The highest BCUT2D eigenvalue weighted by Gasteiger charge is 2.35. The van der Waals surface area contributed by atoms with Gasteiger partial charge in [0.05, 0.1) is 0 Å². The molecule has 0 aliphatic heterocycles. The van der Waals surface area contributed by atoms with Crippen LogP contribution in [0.5, 0.6) is 5.75 Å². The summed E-state index contributed by atoms with van der Waals surface area (Å²) in [6, 6.07) is 5.82. The van der Waals surface area contributed by atoms with E-state index in [1.807, 2.05) is 0 Å². The van der Waals surface area contributed by atoms with Crippen LogP contribution in [0, 0.1) is 6.92 Å². The van der Waals surface area contributed by atoms with E-state index in [1.165, 1.54) is 32.0 Å². The molecule has 0 bridgehead atoms. The number of alkyl halides is 3. The molecule has 0 saturated carbocycles. The first-order valence-corrected chi connectivity index (χ1v) is 6.41. The number of aryl methyl sites for hydroxylation is 1. The third-order valence-electron chi connectivity index (χ3n) is 3.07. The molecule has 2 N–H and O–H groups in total. The van der Waals surface area contributed by atoms with Crippen LogP contribution in [-0.2, 0) is 11.0 Å². The molecule has 1 aromatic heterocycles.